The summed E-state index contributed by atoms with van der Waals surface area (Å²) in [5.41, 5.74) is 0. The van der Waals surface area contributed by atoms with Crippen LogP contribution in [-0.4, -0.2) is 73.4 Å². The molecule has 0 radical (unpaired) electrons. The van der Waals surface area contributed by atoms with E-state index in [0.717, 1.165) is 38.5 Å². The number of likely N-dealkylation sites (N-methyl/N-ethyl adjacent to an activating group) is 1. The van der Waals surface area contributed by atoms with Crippen molar-refractivity contribution in [2.45, 2.75) is 302 Å². The standard InChI is InChI=1S/C56H113N2O6P/c1-6-8-10-12-14-16-17-18-19-20-21-22-23-24-25-26-27-28-29-30-31-32-33-34-35-36-37-38-39-40-41-42-44-46-48-50-56(60)57-54(53-64-65(61,62)63-52-51-58(3,4)5)55(59)49-47-45-43-15-13-11-9-7-2/h20-21,54-55,59H,6-19,22-53H2,1-5H3,(H-,57,60,61,62)/p+1/b21-20-. The Morgan fingerprint density at radius 3 is 1.18 bits per heavy atom. The third-order valence-electron chi connectivity index (χ3n) is 13.3. The van der Waals surface area contributed by atoms with Crippen molar-refractivity contribution < 1.29 is 32.9 Å². The number of phosphoric ester groups is 1. The van der Waals surface area contributed by atoms with E-state index >= 15 is 0 Å². The number of carbonyl (C=O) groups is 1. The second-order valence-corrected chi connectivity index (χ2v) is 22.5. The molecule has 388 valence electrons. The number of hydrogen-bond acceptors (Lipinski definition) is 5. The second-order valence-electron chi connectivity index (χ2n) is 21.0. The maximum Gasteiger partial charge on any atom is 0.472 e. The van der Waals surface area contributed by atoms with E-state index in [1.54, 1.807) is 0 Å². The van der Waals surface area contributed by atoms with Crippen molar-refractivity contribution >= 4 is 13.7 Å². The van der Waals surface area contributed by atoms with Crippen LogP contribution in [0.2, 0.25) is 0 Å². The smallest absolute Gasteiger partial charge is 0.391 e. The van der Waals surface area contributed by atoms with Gasteiger partial charge in [-0.25, -0.2) is 4.57 Å². The minimum atomic E-state index is -4.31. The first-order valence-electron chi connectivity index (χ1n) is 28.6. The highest BCUT2D eigenvalue weighted by molar-refractivity contribution is 7.47. The van der Waals surface area contributed by atoms with Gasteiger partial charge in [-0.1, -0.05) is 257 Å². The Labute approximate surface area is 405 Å². The van der Waals surface area contributed by atoms with Crippen LogP contribution in [0.4, 0.5) is 0 Å². The minimum Gasteiger partial charge on any atom is -0.391 e. The van der Waals surface area contributed by atoms with E-state index in [4.69, 9.17) is 9.05 Å². The van der Waals surface area contributed by atoms with Crippen LogP contribution in [0.1, 0.15) is 290 Å². The van der Waals surface area contributed by atoms with Crippen LogP contribution < -0.4 is 5.32 Å². The molecule has 0 aromatic rings. The summed E-state index contributed by atoms with van der Waals surface area (Å²) in [5.74, 6) is -0.142. The molecule has 0 aliphatic rings. The third kappa shape index (κ3) is 50.9. The molecule has 0 rings (SSSR count). The van der Waals surface area contributed by atoms with E-state index in [1.165, 1.54) is 225 Å². The van der Waals surface area contributed by atoms with Crippen LogP contribution in [0.3, 0.4) is 0 Å². The average Bonchev–Trinajstić information content (AvgIpc) is 3.26. The zero-order valence-electron chi connectivity index (χ0n) is 44.3. The quantitative estimate of drug-likeness (QED) is 0.0243. The number of quaternary nitrogens is 1. The number of carbonyl (C=O) groups excluding carboxylic acids is 1. The number of aliphatic hydroxyl groups excluding tert-OH is 1. The molecule has 0 aliphatic heterocycles. The molecular weight excluding hydrogens is 828 g/mol. The molecule has 3 unspecified atom stereocenters. The fourth-order valence-electron chi connectivity index (χ4n) is 8.75. The van der Waals surface area contributed by atoms with Crippen molar-refractivity contribution in [3.8, 4) is 0 Å². The monoisotopic (exact) mass is 942 g/mol. The number of allylic oxidation sites excluding steroid dienone is 2. The molecule has 0 spiro atoms. The predicted octanol–water partition coefficient (Wildman–Crippen LogP) is 17.0. The van der Waals surface area contributed by atoms with E-state index in [1.807, 2.05) is 21.1 Å². The molecular formula is C56H114N2O6P+. The van der Waals surface area contributed by atoms with E-state index in [9.17, 15) is 19.4 Å². The molecule has 0 bridgehead atoms. The van der Waals surface area contributed by atoms with Crippen molar-refractivity contribution in [1.29, 1.82) is 0 Å². The lowest BCUT2D eigenvalue weighted by molar-refractivity contribution is -0.870. The van der Waals surface area contributed by atoms with Gasteiger partial charge in [0, 0.05) is 6.42 Å². The lowest BCUT2D eigenvalue weighted by Gasteiger charge is -2.26. The number of hydrogen-bond donors (Lipinski definition) is 3. The first-order valence-corrected chi connectivity index (χ1v) is 30.0. The molecule has 0 heterocycles. The van der Waals surface area contributed by atoms with Crippen molar-refractivity contribution in [3.63, 3.8) is 0 Å². The number of nitrogens with zero attached hydrogens (tertiary/aromatic N) is 1. The maximum atomic E-state index is 12.9. The Balaban J connectivity index is 3.79. The summed E-state index contributed by atoms with van der Waals surface area (Å²) in [4.78, 5) is 23.2. The van der Waals surface area contributed by atoms with Gasteiger partial charge in [0.2, 0.25) is 5.91 Å². The molecule has 0 saturated heterocycles. The molecule has 0 aliphatic carbocycles. The Hall–Kier alpha value is -0.760. The van der Waals surface area contributed by atoms with Gasteiger partial charge in [-0.2, -0.15) is 0 Å². The summed E-state index contributed by atoms with van der Waals surface area (Å²) in [6.07, 6.45) is 58.8. The van der Waals surface area contributed by atoms with Gasteiger partial charge in [-0.15, -0.1) is 0 Å². The van der Waals surface area contributed by atoms with E-state index in [-0.39, 0.29) is 19.1 Å². The van der Waals surface area contributed by atoms with Crippen molar-refractivity contribution in [2.24, 2.45) is 0 Å². The summed E-state index contributed by atoms with van der Waals surface area (Å²) >= 11 is 0. The number of rotatable bonds is 53. The van der Waals surface area contributed by atoms with E-state index in [2.05, 4.69) is 31.3 Å². The number of aliphatic hydroxyl groups is 1. The second kappa shape index (κ2) is 48.3. The van der Waals surface area contributed by atoms with Gasteiger partial charge in [0.25, 0.3) is 0 Å². The molecule has 9 heteroatoms. The van der Waals surface area contributed by atoms with Crippen molar-refractivity contribution in [2.75, 3.05) is 40.9 Å². The van der Waals surface area contributed by atoms with Crippen LogP contribution in [0, 0.1) is 0 Å². The number of phosphoric acid groups is 1. The Bertz CT molecular complexity index is 1070. The normalized spacial score (nSPS) is 14.0. The Morgan fingerprint density at radius 1 is 0.508 bits per heavy atom. The van der Waals surface area contributed by atoms with Gasteiger partial charge >= 0.3 is 7.82 Å². The van der Waals surface area contributed by atoms with Gasteiger partial charge in [0.1, 0.15) is 13.2 Å². The van der Waals surface area contributed by atoms with Gasteiger partial charge in [-0.3, -0.25) is 13.8 Å². The number of amides is 1. The molecule has 65 heavy (non-hydrogen) atoms. The molecule has 0 saturated carbocycles. The fraction of sp³-hybridized carbons (Fsp3) is 0.946. The van der Waals surface area contributed by atoms with Crippen LogP contribution in [0.15, 0.2) is 12.2 Å². The largest absolute Gasteiger partial charge is 0.472 e. The Kier molecular flexibility index (Phi) is 47.7. The molecule has 3 N–H and O–H groups in total. The van der Waals surface area contributed by atoms with Gasteiger partial charge < -0.3 is 19.8 Å². The molecule has 8 nitrogen and oxygen atoms in total. The van der Waals surface area contributed by atoms with Crippen LogP contribution >= 0.6 is 7.82 Å². The van der Waals surface area contributed by atoms with Crippen molar-refractivity contribution in [1.82, 2.24) is 5.32 Å². The van der Waals surface area contributed by atoms with E-state index in [0.29, 0.717) is 23.9 Å². The van der Waals surface area contributed by atoms with E-state index < -0.39 is 20.0 Å². The number of unbranched alkanes of at least 4 members (excludes halogenated alkanes) is 38. The fourth-order valence-corrected chi connectivity index (χ4v) is 9.49. The predicted molar refractivity (Wildman–Crippen MR) is 282 cm³/mol. The molecule has 1 amide bonds. The third-order valence-corrected chi connectivity index (χ3v) is 14.2. The topological polar surface area (TPSA) is 105 Å². The van der Waals surface area contributed by atoms with Crippen LogP contribution in [-0.2, 0) is 18.4 Å². The zero-order valence-corrected chi connectivity index (χ0v) is 45.2. The molecule has 0 aromatic carbocycles. The summed E-state index contributed by atoms with van der Waals surface area (Å²) in [6.45, 7) is 4.88. The maximum absolute atomic E-state index is 12.9. The first-order chi connectivity index (χ1) is 31.5. The zero-order chi connectivity index (χ0) is 47.8. The lowest BCUT2D eigenvalue weighted by atomic mass is 10.0. The average molecular weight is 943 g/mol. The Morgan fingerprint density at radius 2 is 0.831 bits per heavy atom. The summed E-state index contributed by atoms with van der Waals surface area (Å²) in [7, 11) is 1.63. The number of nitrogens with one attached hydrogen (secondary N) is 1. The highest BCUT2D eigenvalue weighted by atomic mass is 31.2. The van der Waals surface area contributed by atoms with Gasteiger partial charge in [-0.05, 0) is 38.5 Å². The van der Waals surface area contributed by atoms with Crippen LogP contribution in [0.25, 0.3) is 0 Å². The lowest BCUT2D eigenvalue weighted by Crippen LogP contribution is -2.46. The molecule has 3 atom stereocenters. The summed E-state index contributed by atoms with van der Waals surface area (Å²) in [5, 5.41) is 13.9. The van der Waals surface area contributed by atoms with Crippen LogP contribution in [0.5, 0.6) is 0 Å². The SMILES string of the molecule is CCCCCCCCCC/C=C\CCCCCCCCCCCCCCCCCCCCCCCCCC(=O)NC(COP(=O)(O)OCC[N+](C)(C)C)C(O)CCCCCCCCCC. The van der Waals surface area contributed by atoms with Crippen molar-refractivity contribution in [3.05, 3.63) is 12.2 Å². The summed E-state index contributed by atoms with van der Waals surface area (Å²) in [6, 6.07) is -0.753. The van der Waals surface area contributed by atoms with Gasteiger partial charge in [0.05, 0.1) is 39.9 Å². The first kappa shape index (κ1) is 64.2. The highest BCUT2D eigenvalue weighted by Crippen LogP contribution is 2.43. The van der Waals surface area contributed by atoms with Gasteiger partial charge in [0.15, 0.2) is 0 Å². The molecule has 0 fully saturated rings. The summed E-state index contributed by atoms with van der Waals surface area (Å²) < 4.78 is 23.6. The highest BCUT2D eigenvalue weighted by Gasteiger charge is 2.28. The minimum absolute atomic E-state index is 0.0774. The molecule has 0 aromatic heterocycles.